The normalized spacial score (nSPS) is 12.6. The third-order valence-electron chi connectivity index (χ3n) is 1.51. The van der Waals surface area contributed by atoms with Gasteiger partial charge < -0.3 is 8.69 Å². The molecule has 0 heterocycles. The van der Waals surface area contributed by atoms with E-state index < -0.39 is 0 Å². The number of amides is 1. The van der Waals surface area contributed by atoms with E-state index in [4.69, 9.17) is 3.79 Å². The molecule has 0 spiro atoms. The molecule has 0 aromatic carbocycles. The smallest absolute Gasteiger partial charge is 0.410 e. The summed E-state index contributed by atoms with van der Waals surface area (Å²) in [6.07, 6.45) is 0. The lowest BCUT2D eigenvalue weighted by Gasteiger charge is -2.25. The van der Waals surface area contributed by atoms with Crippen LogP contribution in [0.1, 0.15) is 13.8 Å². The van der Waals surface area contributed by atoms with Gasteiger partial charge in [0.15, 0.2) is 0 Å². The van der Waals surface area contributed by atoms with Crippen LogP contribution in [0.4, 0.5) is 4.79 Å². The van der Waals surface area contributed by atoms with Crippen LogP contribution in [0.15, 0.2) is 0 Å². The Bertz CT molecular complexity index is 134. The lowest BCUT2D eigenvalue weighted by Crippen LogP contribution is -2.37. The first-order valence-electron chi connectivity index (χ1n) is 3.58. The molecule has 0 N–H and O–H groups in total. The fourth-order valence-corrected chi connectivity index (χ4v) is 2.24. The number of nitrogens with zero attached hydrogens (tertiary/aromatic N) is 1. The van der Waals surface area contributed by atoms with Gasteiger partial charge in [0.2, 0.25) is 0 Å². The highest BCUT2D eigenvalue weighted by molar-refractivity contribution is 14.1. The van der Waals surface area contributed by atoms with E-state index in [2.05, 4.69) is 0 Å². The minimum Gasteiger partial charge on any atom is -0.504 e. The number of carbonyl (C=O) groups is 1. The Morgan fingerprint density at radius 1 is 1.82 bits per heavy atom. The molecule has 0 radical (unpaired) electrons. The summed E-state index contributed by atoms with van der Waals surface area (Å²) >= 11 is 2.54. The third-order valence-corrected chi connectivity index (χ3v) is 2.46. The second kappa shape index (κ2) is 6.24. The predicted molar refractivity (Wildman–Crippen MR) is 55.8 cm³/mol. The largest absolute Gasteiger partial charge is 0.504 e. The minimum absolute atomic E-state index is 0.0938. The van der Waals surface area contributed by atoms with Crippen LogP contribution < -0.4 is 0 Å². The summed E-state index contributed by atoms with van der Waals surface area (Å²) in [5.74, 6) is 0. The molecule has 0 fully saturated rings. The SMILES string of the molecule is CCN(C(=O)I)[C@@H](C)C[O][AlH2]. The van der Waals surface area contributed by atoms with Gasteiger partial charge in [-0.1, -0.05) is 0 Å². The molecule has 0 unspecified atom stereocenters. The van der Waals surface area contributed by atoms with Crippen LogP contribution in [-0.2, 0) is 3.79 Å². The van der Waals surface area contributed by atoms with Crippen molar-refractivity contribution in [2.24, 2.45) is 0 Å². The highest BCUT2D eigenvalue weighted by Crippen LogP contribution is 2.05. The molecular weight excluding hydrogens is 272 g/mol. The summed E-state index contributed by atoms with van der Waals surface area (Å²) in [5, 5.41) is 0. The van der Waals surface area contributed by atoms with Gasteiger partial charge in [-0.3, -0.25) is 4.79 Å². The van der Waals surface area contributed by atoms with E-state index in [0.717, 1.165) is 23.2 Å². The maximum absolute atomic E-state index is 11.0. The molecule has 1 amide bonds. The van der Waals surface area contributed by atoms with Crippen LogP contribution in [0.5, 0.6) is 0 Å². The second-order valence-corrected chi connectivity index (χ2v) is 3.84. The lowest BCUT2D eigenvalue weighted by atomic mass is 10.3. The molecule has 0 saturated heterocycles. The Kier molecular flexibility index (Phi) is 6.63. The summed E-state index contributed by atoms with van der Waals surface area (Å²) in [5.41, 5.74) is 0. The highest BCUT2D eigenvalue weighted by atomic mass is 127. The van der Waals surface area contributed by atoms with Gasteiger partial charge in [-0.2, -0.15) is 0 Å². The Hall–Kier alpha value is 0.692. The maximum Gasteiger partial charge on any atom is 0.410 e. The first-order chi connectivity index (χ1) is 5.13. The summed E-state index contributed by atoms with van der Waals surface area (Å²) in [6.45, 7) is 5.39. The summed E-state index contributed by atoms with van der Waals surface area (Å²) in [7, 11) is 0. The first kappa shape index (κ1) is 11.7. The zero-order valence-electron chi connectivity index (χ0n) is 7.13. The number of rotatable bonds is 4. The molecule has 0 saturated carbocycles. The molecule has 5 heteroatoms. The van der Waals surface area contributed by atoms with Crippen LogP contribution >= 0.6 is 22.6 Å². The zero-order valence-corrected chi connectivity index (χ0v) is 11.3. The van der Waals surface area contributed by atoms with Crippen molar-refractivity contribution < 1.29 is 8.58 Å². The van der Waals surface area contributed by atoms with Gasteiger partial charge in [0.1, 0.15) is 0 Å². The maximum atomic E-state index is 11.0. The number of carbonyl (C=O) groups excluding carboxylic acids is 1. The van der Waals surface area contributed by atoms with E-state index in [0.29, 0.717) is 6.61 Å². The number of likely N-dealkylation sites (N-methyl/N-ethyl adjacent to an activating group) is 1. The van der Waals surface area contributed by atoms with Crippen molar-refractivity contribution in [2.75, 3.05) is 13.2 Å². The molecule has 0 bridgehead atoms. The molecular formula is C6H13AlINO2. The van der Waals surface area contributed by atoms with Gasteiger partial charge in [-0.15, -0.1) is 0 Å². The van der Waals surface area contributed by atoms with E-state index in [1.807, 2.05) is 13.8 Å². The second-order valence-electron chi connectivity index (χ2n) is 2.34. The van der Waals surface area contributed by atoms with Crippen LogP contribution in [0.2, 0.25) is 0 Å². The Morgan fingerprint density at radius 3 is 2.64 bits per heavy atom. The molecule has 11 heavy (non-hydrogen) atoms. The van der Waals surface area contributed by atoms with Gasteiger partial charge in [-0.25, -0.2) is 0 Å². The Labute approximate surface area is 89.4 Å². The predicted octanol–water partition coefficient (Wildman–Crippen LogP) is 0.817. The van der Waals surface area contributed by atoms with Crippen molar-refractivity contribution in [3.63, 3.8) is 0 Å². The van der Waals surface area contributed by atoms with E-state index in [1.165, 1.54) is 0 Å². The quantitative estimate of drug-likeness (QED) is 0.331. The molecule has 0 aliphatic heterocycles. The number of hydrogen-bond acceptors (Lipinski definition) is 2. The van der Waals surface area contributed by atoms with Gasteiger partial charge in [-0.05, 0) is 13.8 Å². The number of hydrogen-bond donors (Lipinski definition) is 0. The molecule has 1 atom stereocenters. The Morgan fingerprint density at radius 2 is 2.36 bits per heavy atom. The van der Waals surface area contributed by atoms with Gasteiger partial charge in [0.25, 0.3) is 3.91 Å². The van der Waals surface area contributed by atoms with Gasteiger partial charge >= 0.3 is 16.6 Å². The highest BCUT2D eigenvalue weighted by Gasteiger charge is 2.14. The van der Waals surface area contributed by atoms with Gasteiger partial charge in [0.05, 0.1) is 0 Å². The standard InChI is InChI=1S/C6H11INO2.Al.2H/c1-3-8(6(7)10)5(2)4-9;;;/h5H,3-4H2,1-2H3;;;/q-1;+1;;/t5-;;;/m0.../s1. The fourth-order valence-electron chi connectivity index (χ4n) is 0.940. The van der Waals surface area contributed by atoms with Crippen LogP contribution in [0.25, 0.3) is 0 Å². The van der Waals surface area contributed by atoms with E-state index >= 15 is 0 Å². The molecule has 64 valence electrons. The van der Waals surface area contributed by atoms with Crippen molar-refractivity contribution in [2.45, 2.75) is 19.9 Å². The average molecular weight is 285 g/mol. The van der Waals surface area contributed by atoms with E-state index in [1.54, 1.807) is 27.5 Å². The molecule has 3 nitrogen and oxygen atoms in total. The van der Waals surface area contributed by atoms with Crippen molar-refractivity contribution in [1.29, 1.82) is 0 Å². The topological polar surface area (TPSA) is 29.5 Å². The van der Waals surface area contributed by atoms with Crippen molar-refractivity contribution >= 4 is 43.1 Å². The third kappa shape index (κ3) is 4.31. The summed E-state index contributed by atoms with van der Waals surface area (Å²) < 4.78 is 5.17. The summed E-state index contributed by atoms with van der Waals surface area (Å²) in [6, 6.07) is 0.210. The molecule has 0 rings (SSSR count). The van der Waals surface area contributed by atoms with Gasteiger partial charge in [0, 0.05) is 41.8 Å². The molecule has 0 aliphatic rings. The van der Waals surface area contributed by atoms with Crippen molar-refractivity contribution in [1.82, 2.24) is 4.90 Å². The first-order valence-corrected chi connectivity index (χ1v) is 5.48. The lowest BCUT2D eigenvalue weighted by molar-refractivity contribution is 0.179. The molecule has 0 aliphatic carbocycles. The molecule has 0 aromatic rings. The van der Waals surface area contributed by atoms with Crippen molar-refractivity contribution in [3.8, 4) is 0 Å². The number of halogens is 1. The van der Waals surface area contributed by atoms with E-state index in [-0.39, 0.29) is 9.96 Å². The van der Waals surface area contributed by atoms with Crippen LogP contribution in [-0.4, -0.2) is 44.6 Å². The van der Waals surface area contributed by atoms with Crippen LogP contribution in [0.3, 0.4) is 0 Å². The van der Waals surface area contributed by atoms with Crippen LogP contribution in [0, 0.1) is 0 Å². The average Bonchev–Trinajstić information content (AvgIpc) is 1.88. The Balaban J connectivity index is 3.91. The van der Waals surface area contributed by atoms with Crippen molar-refractivity contribution in [3.05, 3.63) is 0 Å². The fraction of sp³-hybridized carbons (Fsp3) is 0.833. The monoisotopic (exact) mass is 285 g/mol. The summed E-state index contributed by atoms with van der Waals surface area (Å²) in [4.78, 5) is 12.7. The zero-order chi connectivity index (χ0) is 8.85. The van der Waals surface area contributed by atoms with E-state index in [9.17, 15) is 4.79 Å². The minimum atomic E-state index is 0.0938. The molecule has 0 aromatic heterocycles.